The van der Waals surface area contributed by atoms with Gasteiger partial charge in [-0.1, -0.05) is 36.4 Å². The molecule has 0 amide bonds. The van der Waals surface area contributed by atoms with Crippen LogP contribution >= 0.6 is 0 Å². The van der Waals surface area contributed by atoms with Crippen molar-refractivity contribution in [3.63, 3.8) is 0 Å². The van der Waals surface area contributed by atoms with Gasteiger partial charge in [0.15, 0.2) is 9.84 Å². The van der Waals surface area contributed by atoms with Crippen LogP contribution in [0.3, 0.4) is 0 Å². The van der Waals surface area contributed by atoms with E-state index in [2.05, 4.69) is 4.90 Å². The van der Waals surface area contributed by atoms with E-state index in [4.69, 9.17) is 4.74 Å². The quantitative estimate of drug-likeness (QED) is 0.687. The summed E-state index contributed by atoms with van der Waals surface area (Å²) in [5.41, 5.74) is 2.65. The molecule has 1 aromatic rings. The lowest BCUT2D eigenvalue weighted by molar-refractivity contribution is -0.140. The number of piperidine rings is 1. The second kappa shape index (κ2) is 7.31. The Morgan fingerprint density at radius 2 is 1.76 bits per heavy atom. The van der Waals surface area contributed by atoms with E-state index in [0.717, 1.165) is 37.2 Å². The normalized spacial score (nSPS) is 25.9. The summed E-state index contributed by atoms with van der Waals surface area (Å²) >= 11 is 0. The molecule has 3 aliphatic rings. The molecule has 4 rings (SSSR count). The average molecular weight is 416 g/mol. The van der Waals surface area contributed by atoms with Gasteiger partial charge in [0.05, 0.1) is 10.3 Å². The van der Waals surface area contributed by atoms with E-state index in [0.29, 0.717) is 11.0 Å². The van der Waals surface area contributed by atoms with Crippen LogP contribution in [0, 0.1) is 5.41 Å². The van der Waals surface area contributed by atoms with Gasteiger partial charge in [0.1, 0.15) is 6.61 Å². The molecule has 5 nitrogen and oxygen atoms in total. The van der Waals surface area contributed by atoms with Gasteiger partial charge in [-0.3, -0.25) is 0 Å². The van der Waals surface area contributed by atoms with Crippen molar-refractivity contribution in [1.82, 2.24) is 4.90 Å². The fourth-order valence-electron chi connectivity index (χ4n) is 4.24. The van der Waals surface area contributed by atoms with E-state index in [1.807, 2.05) is 30.3 Å². The number of carbonyl (C=O) groups excluding carboxylic acids is 1. The summed E-state index contributed by atoms with van der Waals surface area (Å²) in [6, 6.07) is 9.57. The van der Waals surface area contributed by atoms with Gasteiger partial charge >= 0.3 is 5.97 Å². The minimum Gasteiger partial charge on any atom is -0.457 e. The molecule has 1 atom stereocenters. The number of allylic oxidation sites excluding steroid dienone is 1. The number of sulfone groups is 1. The Kier molecular flexibility index (Phi) is 5.09. The Balaban J connectivity index is 1.56. The first-order valence-corrected chi connectivity index (χ1v) is 12.2. The molecule has 0 N–H and O–H groups in total. The summed E-state index contributed by atoms with van der Waals surface area (Å²) in [5.74, 6) is -0.387. The van der Waals surface area contributed by atoms with Gasteiger partial charge in [-0.05, 0) is 56.1 Å². The van der Waals surface area contributed by atoms with Gasteiger partial charge in [0.25, 0.3) is 0 Å². The number of esters is 1. The summed E-state index contributed by atoms with van der Waals surface area (Å²) in [6.07, 6.45) is 9.88. The largest absolute Gasteiger partial charge is 0.457 e. The standard InChI is InChI=1S/C23H29NO4S/c1-22(29(2,26)27)9-8-19(21(25)28-17-18-6-4-3-5-7-18)20(16-22)24-14-12-23(10-11-23)13-15-24/h3-8,16H,9-15,17H2,1-2H3. The molecule has 1 spiro atoms. The van der Waals surface area contributed by atoms with Crippen molar-refractivity contribution in [2.75, 3.05) is 19.3 Å². The molecule has 1 aliphatic heterocycles. The van der Waals surface area contributed by atoms with E-state index in [9.17, 15) is 13.2 Å². The van der Waals surface area contributed by atoms with Crippen LogP contribution in [0.25, 0.3) is 0 Å². The van der Waals surface area contributed by atoms with Crippen molar-refractivity contribution >= 4 is 15.8 Å². The summed E-state index contributed by atoms with van der Waals surface area (Å²) in [5, 5.41) is 0. The van der Waals surface area contributed by atoms with E-state index in [1.54, 1.807) is 19.1 Å². The highest BCUT2D eigenvalue weighted by Gasteiger charge is 2.46. The molecule has 2 aliphatic carbocycles. The van der Waals surface area contributed by atoms with E-state index >= 15 is 0 Å². The van der Waals surface area contributed by atoms with Gasteiger partial charge in [0, 0.05) is 25.0 Å². The van der Waals surface area contributed by atoms with Crippen LogP contribution in [0.5, 0.6) is 0 Å². The molecule has 29 heavy (non-hydrogen) atoms. The van der Waals surface area contributed by atoms with Crippen LogP contribution in [-0.2, 0) is 26.0 Å². The summed E-state index contributed by atoms with van der Waals surface area (Å²) in [7, 11) is -3.31. The van der Waals surface area contributed by atoms with E-state index in [1.165, 1.54) is 19.1 Å². The van der Waals surface area contributed by atoms with Crippen molar-refractivity contribution in [2.24, 2.45) is 5.41 Å². The van der Waals surface area contributed by atoms with Crippen LogP contribution in [0.1, 0.15) is 44.6 Å². The highest BCUT2D eigenvalue weighted by atomic mass is 32.2. The minimum absolute atomic E-state index is 0.205. The number of benzene rings is 1. The Morgan fingerprint density at radius 1 is 1.10 bits per heavy atom. The number of ether oxygens (including phenoxy) is 1. The Labute approximate surface area is 173 Å². The molecule has 0 radical (unpaired) electrons. The molecule has 2 fully saturated rings. The van der Waals surface area contributed by atoms with Gasteiger partial charge in [-0.15, -0.1) is 0 Å². The zero-order valence-electron chi connectivity index (χ0n) is 17.2. The lowest BCUT2D eigenvalue weighted by atomic mass is 9.89. The van der Waals surface area contributed by atoms with Crippen LogP contribution in [0.15, 0.2) is 53.8 Å². The first kappa shape index (κ1) is 20.2. The van der Waals surface area contributed by atoms with Gasteiger partial charge in [-0.2, -0.15) is 0 Å². The topological polar surface area (TPSA) is 63.7 Å². The number of hydrogen-bond acceptors (Lipinski definition) is 5. The summed E-state index contributed by atoms with van der Waals surface area (Å²) in [4.78, 5) is 15.1. The van der Waals surface area contributed by atoms with Crippen molar-refractivity contribution in [3.8, 4) is 0 Å². The lowest BCUT2D eigenvalue weighted by Crippen LogP contribution is -2.41. The van der Waals surface area contributed by atoms with E-state index in [-0.39, 0.29) is 19.0 Å². The molecule has 0 bridgehead atoms. The highest BCUT2D eigenvalue weighted by Crippen LogP contribution is 2.54. The van der Waals surface area contributed by atoms with Crippen LogP contribution in [-0.4, -0.2) is 43.4 Å². The molecule has 1 aromatic carbocycles. The van der Waals surface area contributed by atoms with Gasteiger partial charge < -0.3 is 9.64 Å². The third-order valence-electron chi connectivity index (χ3n) is 6.83. The van der Waals surface area contributed by atoms with Crippen molar-refractivity contribution in [2.45, 2.75) is 50.4 Å². The maximum Gasteiger partial charge on any atom is 0.340 e. The summed E-state index contributed by atoms with van der Waals surface area (Å²) in [6.45, 7) is 3.65. The number of likely N-dealkylation sites (tertiary alicyclic amines) is 1. The third kappa shape index (κ3) is 4.13. The third-order valence-corrected chi connectivity index (χ3v) is 8.81. The fraction of sp³-hybridized carbons (Fsp3) is 0.522. The minimum atomic E-state index is -3.31. The monoisotopic (exact) mass is 415 g/mol. The molecule has 1 heterocycles. The molecule has 6 heteroatoms. The predicted molar refractivity (Wildman–Crippen MR) is 113 cm³/mol. The van der Waals surface area contributed by atoms with Gasteiger partial charge in [-0.25, -0.2) is 13.2 Å². The SMILES string of the molecule is CC1(S(C)(=O)=O)C=C(N2CCC3(CC2)CC3)C(C(=O)OCc2ccccc2)=CC1. The number of carbonyl (C=O) groups is 1. The zero-order chi connectivity index (χ0) is 20.7. The van der Waals surface area contributed by atoms with Crippen LogP contribution in [0.2, 0.25) is 0 Å². The van der Waals surface area contributed by atoms with Crippen molar-refractivity contribution in [3.05, 3.63) is 59.3 Å². The van der Waals surface area contributed by atoms with E-state index < -0.39 is 14.6 Å². The molecule has 0 aromatic heterocycles. The van der Waals surface area contributed by atoms with Crippen LogP contribution in [0.4, 0.5) is 0 Å². The fourth-order valence-corrected chi connectivity index (χ4v) is 4.95. The molecular weight excluding hydrogens is 386 g/mol. The summed E-state index contributed by atoms with van der Waals surface area (Å²) < 4.78 is 29.4. The zero-order valence-corrected chi connectivity index (χ0v) is 18.0. The molecule has 156 valence electrons. The molecule has 1 unspecified atom stereocenters. The Morgan fingerprint density at radius 3 is 2.34 bits per heavy atom. The molecule has 1 saturated heterocycles. The van der Waals surface area contributed by atoms with Crippen LogP contribution < -0.4 is 0 Å². The molecular formula is C23H29NO4S. The number of rotatable bonds is 5. The smallest absolute Gasteiger partial charge is 0.340 e. The maximum absolute atomic E-state index is 12.9. The average Bonchev–Trinajstić information content (AvgIpc) is 3.45. The second-order valence-corrected chi connectivity index (χ2v) is 11.5. The van der Waals surface area contributed by atoms with Gasteiger partial charge in [0.2, 0.25) is 0 Å². The number of hydrogen-bond donors (Lipinski definition) is 0. The Hall–Kier alpha value is -2.08. The lowest BCUT2D eigenvalue weighted by Gasteiger charge is -2.39. The highest BCUT2D eigenvalue weighted by molar-refractivity contribution is 7.92. The number of nitrogens with zero attached hydrogens (tertiary/aromatic N) is 1. The maximum atomic E-state index is 12.9. The molecule has 1 saturated carbocycles. The predicted octanol–water partition coefficient (Wildman–Crippen LogP) is 3.62. The first-order valence-electron chi connectivity index (χ1n) is 10.3. The van der Waals surface area contributed by atoms with Crippen molar-refractivity contribution in [1.29, 1.82) is 0 Å². The Bertz CT molecular complexity index is 950. The first-order chi connectivity index (χ1) is 13.7. The van der Waals surface area contributed by atoms with Crippen molar-refractivity contribution < 1.29 is 17.9 Å². The second-order valence-electron chi connectivity index (χ2n) is 8.99.